The van der Waals surface area contributed by atoms with Crippen molar-refractivity contribution >= 4 is 15.9 Å². The van der Waals surface area contributed by atoms with Crippen LogP contribution in [0.15, 0.2) is 35.1 Å². The lowest BCUT2D eigenvalue weighted by Crippen LogP contribution is -2.18. The monoisotopic (exact) mass is 311 g/mol. The SMILES string of the molecule is CC(NCc1cc(Br)ccc1F)c1cnn(C)c1. The summed E-state index contributed by atoms with van der Waals surface area (Å²) in [5, 5.41) is 7.40. The van der Waals surface area contributed by atoms with E-state index >= 15 is 0 Å². The van der Waals surface area contributed by atoms with Crippen LogP contribution in [0.1, 0.15) is 24.1 Å². The lowest BCUT2D eigenvalue weighted by Gasteiger charge is -2.12. The Labute approximate surface area is 114 Å². The average molecular weight is 312 g/mol. The molecule has 1 N–H and O–H groups in total. The Bertz CT molecular complexity index is 539. The molecular formula is C13H15BrFN3. The first-order valence-corrected chi connectivity index (χ1v) is 6.51. The van der Waals surface area contributed by atoms with Gasteiger partial charge in [-0.1, -0.05) is 15.9 Å². The fourth-order valence-corrected chi connectivity index (χ4v) is 2.13. The van der Waals surface area contributed by atoms with Gasteiger partial charge in [0, 0.05) is 41.4 Å². The van der Waals surface area contributed by atoms with Gasteiger partial charge in [0.1, 0.15) is 5.82 Å². The summed E-state index contributed by atoms with van der Waals surface area (Å²) >= 11 is 3.34. The maximum Gasteiger partial charge on any atom is 0.127 e. The van der Waals surface area contributed by atoms with Crippen LogP contribution in [0.2, 0.25) is 0 Å². The van der Waals surface area contributed by atoms with Crippen LogP contribution in [0.3, 0.4) is 0 Å². The standard InChI is InChI=1S/C13H15BrFN3/c1-9(11-7-17-18(2)8-11)16-6-10-5-12(14)3-4-13(10)15/h3-5,7-9,16H,6H2,1-2H3. The second kappa shape index (κ2) is 5.63. The molecule has 1 unspecified atom stereocenters. The zero-order chi connectivity index (χ0) is 13.1. The number of rotatable bonds is 4. The Hall–Kier alpha value is -1.20. The zero-order valence-electron chi connectivity index (χ0n) is 10.3. The van der Waals surface area contributed by atoms with Crippen LogP contribution in [-0.4, -0.2) is 9.78 Å². The Morgan fingerprint density at radius 1 is 1.50 bits per heavy atom. The highest BCUT2D eigenvalue weighted by Gasteiger charge is 2.09. The highest BCUT2D eigenvalue weighted by Crippen LogP contribution is 2.17. The normalized spacial score (nSPS) is 12.7. The number of halogens is 2. The van der Waals surface area contributed by atoms with Crippen LogP contribution in [0.4, 0.5) is 4.39 Å². The van der Waals surface area contributed by atoms with Crippen LogP contribution in [0, 0.1) is 5.82 Å². The summed E-state index contributed by atoms with van der Waals surface area (Å²) in [5.74, 6) is -0.191. The molecule has 1 aromatic carbocycles. The molecule has 3 nitrogen and oxygen atoms in total. The minimum atomic E-state index is -0.191. The second-order valence-corrected chi connectivity index (χ2v) is 5.20. The molecule has 1 heterocycles. The molecule has 2 aromatic rings. The number of nitrogens with one attached hydrogen (secondary N) is 1. The molecule has 0 aliphatic heterocycles. The van der Waals surface area contributed by atoms with Crippen LogP contribution in [-0.2, 0) is 13.6 Å². The Kier molecular flexibility index (Phi) is 4.14. The lowest BCUT2D eigenvalue weighted by atomic mass is 10.1. The van der Waals surface area contributed by atoms with Crippen molar-refractivity contribution in [3.05, 3.63) is 52.0 Å². The third-order valence-corrected chi connectivity index (χ3v) is 3.32. The van der Waals surface area contributed by atoms with Crippen molar-refractivity contribution in [3.8, 4) is 0 Å². The largest absolute Gasteiger partial charge is 0.306 e. The molecule has 0 saturated heterocycles. The molecule has 2 rings (SSSR count). The van der Waals surface area contributed by atoms with E-state index in [1.807, 2.05) is 26.4 Å². The van der Waals surface area contributed by atoms with Crippen molar-refractivity contribution in [1.29, 1.82) is 0 Å². The first-order valence-electron chi connectivity index (χ1n) is 5.72. The van der Waals surface area contributed by atoms with Gasteiger partial charge in [0.2, 0.25) is 0 Å². The Morgan fingerprint density at radius 3 is 2.94 bits per heavy atom. The number of nitrogens with zero attached hydrogens (tertiary/aromatic N) is 2. The predicted molar refractivity (Wildman–Crippen MR) is 72.6 cm³/mol. The van der Waals surface area contributed by atoms with Crippen LogP contribution >= 0.6 is 15.9 Å². The number of hydrogen-bond donors (Lipinski definition) is 1. The molecule has 96 valence electrons. The van der Waals surface area contributed by atoms with E-state index in [4.69, 9.17) is 0 Å². The zero-order valence-corrected chi connectivity index (χ0v) is 11.9. The minimum absolute atomic E-state index is 0.136. The van der Waals surface area contributed by atoms with Gasteiger partial charge in [-0.15, -0.1) is 0 Å². The molecule has 0 bridgehead atoms. The van der Waals surface area contributed by atoms with Gasteiger partial charge < -0.3 is 5.32 Å². The maximum absolute atomic E-state index is 13.5. The van der Waals surface area contributed by atoms with Crippen LogP contribution in [0.5, 0.6) is 0 Å². The molecule has 0 spiro atoms. The number of aryl methyl sites for hydroxylation is 1. The van der Waals surface area contributed by atoms with E-state index in [0.29, 0.717) is 12.1 Å². The topological polar surface area (TPSA) is 29.9 Å². The van der Waals surface area contributed by atoms with E-state index < -0.39 is 0 Å². The first kappa shape index (κ1) is 13.2. The maximum atomic E-state index is 13.5. The first-order chi connectivity index (χ1) is 8.56. The summed E-state index contributed by atoms with van der Waals surface area (Å²) in [6.45, 7) is 2.52. The fraction of sp³-hybridized carbons (Fsp3) is 0.308. The van der Waals surface area contributed by atoms with Crippen molar-refractivity contribution in [2.24, 2.45) is 7.05 Å². The molecule has 1 aromatic heterocycles. The molecule has 0 aliphatic carbocycles. The Balaban J connectivity index is 2.01. The van der Waals surface area contributed by atoms with E-state index in [0.717, 1.165) is 10.0 Å². The summed E-state index contributed by atoms with van der Waals surface area (Å²) in [7, 11) is 1.88. The van der Waals surface area contributed by atoms with Gasteiger partial charge in [0.05, 0.1) is 6.20 Å². The van der Waals surface area contributed by atoms with E-state index in [2.05, 4.69) is 26.3 Å². The van der Waals surface area contributed by atoms with Gasteiger partial charge in [-0.25, -0.2) is 4.39 Å². The van der Waals surface area contributed by atoms with E-state index in [9.17, 15) is 4.39 Å². The van der Waals surface area contributed by atoms with Gasteiger partial charge >= 0.3 is 0 Å². The highest BCUT2D eigenvalue weighted by atomic mass is 79.9. The van der Waals surface area contributed by atoms with Crippen molar-refractivity contribution in [2.45, 2.75) is 19.5 Å². The number of benzene rings is 1. The molecule has 0 radical (unpaired) electrons. The molecule has 18 heavy (non-hydrogen) atoms. The van der Waals surface area contributed by atoms with Crippen LogP contribution in [0.25, 0.3) is 0 Å². The van der Waals surface area contributed by atoms with Crippen LogP contribution < -0.4 is 5.32 Å². The quantitative estimate of drug-likeness (QED) is 0.940. The molecular weight excluding hydrogens is 297 g/mol. The smallest absolute Gasteiger partial charge is 0.127 e. The molecule has 0 fully saturated rings. The second-order valence-electron chi connectivity index (χ2n) is 4.29. The molecule has 0 saturated carbocycles. The molecule has 1 atom stereocenters. The lowest BCUT2D eigenvalue weighted by molar-refractivity contribution is 0.543. The summed E-state index contributed by atoms with van der Waals surface area (Å²) in [5.41, 5.74) is 1.74. The van der Waals surface area contributed by atoms with E-state index in [1.165, 1.54) is 6.07 Å². The fourth-order valence-electron chi connectivity index (χ4n) is 1.72. The number of hydrogen-bond acceptors (Lipinski definition) is 2. The minimum Gasteiger partial charge on any atom is -0.306 e. The van der Waals surface area contributed by atoms with Crippen molar-refractivity contribution in [2.75, 3.05) is 0 Å². The summed E-state index contributed by atoms with van der Waals surface area (Å²) < 4.78 is 16.2. The number of aromatic nitrogens is 2. The predicted octanol–water partition coefficient (Wildman–Crippen LogP) is 3.17. The highest BCUT2D eigenvalue weighted by molar-refractivity contribution is 9.10. The van der Waals surface area contributed by atoms with E-state index in [-0.39, 0.29) is 11.9 Å². The van der Waals surface area contributed by atoms with Crippen molar-refractivity contribution in [1.82, 2.24) is 15.1 Å². The molecule has 0 amide bonds. The van der Waals surface area contributed by atoms with Gasteiger partial charge in [-0.05, 0) is 25.1 Å². The summed E-state index contributed by atoms with van der Waals surface area (Å²) in [6, 6.07) is 5.09. The van der Waals surface area contributed by atoms with Crippen molar-refractivity contribution in [3.63, 3.8) is 0 Å². The van der Waals surface area contributed by atoms with Gasteiger partial charge in [-0.3, -0.25) is 4.68 Å². The third-order valence-electron chi connectivity index (χ3n) is 2.83. The van der Waals surface area contributed by atoms with Crippen molar-refractivity contribution < 1.29 is 4.39 Å². The average Bonchev–Trinajstić information content (AvgIpc) is 2.77. The van der Waals surface area contributed by atoms with Gasteiger partial charge in [0.15, 0.2) is 0 Å². The third kappa shape index (κ3) is 3.17. The summed E-state index contributed by atoms with van der Waals surface area (Å²) in [4.78, 5) is 0. The van der Waals surface area contributed by atoms with Gasteiger partial charge in [0.25, 0.3) is 0 Å². The molecule has 5 heteroatoms. The Morgan fingerprint density at radius 2 is 2.28 bits per heavy atom. The van der Waals surface area contributed by atoms with Gasteiger partial charge in [-0.2, -0.15) is 5.10 Å². The van der Waals surface area contributed by atoms with E-state index in [1.54, 1.807) is 16.8 Å². The summed E-state index contributed by atoms with van der Waals surface area (Å²) in [6.07, 6.45) is 3.77. The molecule has 0 aliphatic rings.